The van der Waals surface area contributed by atoms with E-state index in [1.54, 1.807) is 24.9 Å². The zero-order chi connectivity index (χ0) is 16.2. The number of rotatable bonds is 5. The molecule has 0 aliphatic heterocycles. The van der Waals surface area contributed by atoms with E-state index in [0.29, 0.717) is 6.61 Å². The van der Waals surface area contributed by atoms with E-state index >= 15 is 0 Å². The molecule has 4 aromatic rings. The zero-order valence-corrected chi connectivity index (χ0v) is 12.8. The van der Waals surface area contributed by atoms with Crippen molar-refractivity contribution in [2.45, 2.75) is 6.61 Å². The molecule has 6 heteroatoms. The number of nitrogens with zero attached hydrogens (tertiary/aromatic N) is 3. The van der Waals surface area contributed by atoms with Crippen LogP contribution in [0.4, 0.5) is 0 Å². The Balaban J connectivity index is 1.69. The standard InChI is InChI=1S/C18H15N5O/c1-2-4-13(5-3-1)18(23-24-11-15-9-20-12-21-15)16-8-14-6-7-19-10-17(14)22-16/h1-10,12,22H,11H2,(H,20,21)/b23-18+. The van der Waals surface area contributed by atoms with Crippen LogP contribution in [-0.2, 0) is 11.4 Å². The normalized spacial score (nSPS) is 11.8. The summed E-state index contributed by atoms with van der Waals surface area (Å²) >= 11 is 0. The van der Waals surface area contributed by atoms with Crippen LogP contribution in [0.15, 0.2) is 72.5 Å². The molecular formula is C18H15N5O. The topological polar surface area (TPSA) is 79.0 Å². The summed E-state index contributed by atoms with van der Waals surface area (Å²) in [4.78, 5) is 20.0. The molecule has 0 bridgehead atoms. The van der Waals surface area contributed by atoms with Gasteiger partial charge in [0.15, 0.2) is 6.61 Å². The van der Waals surface area contributed by atoms with Gasteiger partial charge >= 0.3 is 0 Å². The third-order valence-electron chi connectivity index (χ3n) is 3.66. The minimum Gasteiger partial charge on any atom is -0.389 e. The van der Waals surface area contributed by atoms with E-state index < -0.39 is 0 Å². The molecule has 1 aromatic carbocycles. The number of H-pyrrole nitrogens is 2. The van der Waals surface area contributed by atoms with Crippen LogP contribution in [-0.4, -0.2) is 25.6 Å². The predicted molar refractivity (Wildman–Crippen MR) is 91.6 cm³/mol. The Kier molecular flexibility index (Phi) is 3.77. The van der Waals surface area contributed by atoms with Gasteiger partial charge in [-0.05, 0) is 12.1 Å². The van der Waals surface area contributed by atoms with Crippen molar-refractivity contribution in [3.05, 3.63) is 84.3 Å². The molecule has 0 unspecified atom stereocenters. The first kappa shape index (κ1) is 14.2. The second-order valence-electron chi connectivity index (χ2n) is 5.30. The Morgan fingerprint density at radius 2 is 2.00 bits per heavy atom. The minimum atomic E-state index is 0.331. The number of imidazole rings is 1. The van der Waals surface area contributed by atoms with Gasteiger partial charge in [0.05, 0.1) is 35.6 Å². The second kappa shape index (κ2) is 6.37. The van der Waals surface area contributed by atoms with Gasteiger partial charge in [0.2, 0.25) is 0 Å². The Labute approximate surface area is 138 Å². The first-order valence-corrected chi connectivity index (χ1v) is 7.56. The quantitative estimate of drug-likeness (QED) is 0.438. The van der Waals surface area contributed by atoms with Crippen LogP contribution >= 0.6 is 0 Å². The maximum Gasteiger partial charge on any atom is 0.158 e. The lowest BCUT2D eigenvalue weighted by Gasteiger charge is -2.05. The molecule has 2 N–H and O–H groups in total. The summed E-state index contributed by atoms with van der Waals surface area (Å²) in [5.41, 5.74) is 4.43. The number of aromatic amines is 2. The fourth-order valence-electron chi connectivity index (χ4n) is 2.48. The molecule has 0 aliphatic rings. The van der Waals surface area contributed by atoms with Crippen LogP contribution in [0.25, 0.3) is 10.9 Å². The Morgan fingerprint density at radius 3 is 2.79 bits per heavy atom. The molecule has 118 valence electrons. The maximum atomic E-state index is 5.53. The highest BCUT2D eigenvalue weighted by Gasteiger charge is 2.11. The first-order valence-electron chi connectivity index (χ1n) is 7.56. The van der Waals surface area contributed by atoms with Crippen LogP contribution in [0, 0.1) is 0 Å². The van der Waals surface area contributed by atoms with Crippen LogP contribution < -0.4 is 0 Å². The van der Waals surface area contributed by atoms with E-state index in [0.717, 1.165) is 33.6 Å². The monoisotopic (exact) mass is 317 g/mol. The fourth-order valence-corrected chi connectivity index (χ4v) is 2.48. The summed E-state index contributed by atoms with van der Waals surface area (Å²) in [7, 11) is 0. The molecule has 0 amide bonds. The predicted octanol–water partition coefficient (Wildman–Crippen LogP) is 3.26. The molecule has 0 saturated heterocycles. The van der Waals surface area contributed by atoms with Crippen LogP contribution in [0.2, 0.25) is 0 Å². The molecule has 3 aromatic heterocycles. The van der Waals surface area contributed by atoms with Gasteiger partial charge in [-0.3, -0.25) is 4.98 Å². The molecule has 0 fully saturated rings. The van der Waals surface area contributed by atoms with Gasteiger partial charge in [-0.2, -0.15) is 0 Å². The van der Waals surface area contributed by atoms with Crippen molar-refractivity contribution >= 4 is 16.6 Å². The summed E-state index contributed by atoms with van der Waals surface area (Å²) in [6.07, 6.45) is 6.90. The van der Waals surface area contributed by atoms with Crippen molar-refractivity contribution in [3.8, 4) is 0 Å². The number of aromatic nitrogens is 4. The Bertz CT molecular complexity index is 924. The molecule has 0 aliphatic carbocycles. The molecule has 3 heterocycles. The van der Waals surface area contributed by atoms with Gasteiger partial charge in [-0.25, -0.2) is 4.98 Å². The highest BCUT2D eigenvalue weighted by atomic mass is 16.6. The van der Waals surface area contributed by atoms with Crippen LogP contribution in [0.1, 0.15) is 17.0 Å². The van der Waals surface area contributed by atoms with Gasteiger partial charge in [-0.1, -0.05) is 35.5 Å². The van der Waals surface area contributed by atoms with E-state index in [1.807, 2.05) is 42.5 Å². The number of oxime groups is 1. The third kappa shape index (κ3) is 2.89. The fraction of sp³-hybridized carbons (Fsp3) is 0.0556. The van der Waals surface area contributed by atoms with Gasteiger partial charge in [0.25, 0.3) is 0 Å². The lowest BCUT2D eigenvalue weighted by atomic mass is 10.1. The molecule has 6 nitrogen and oxygen atoms in total. The van der Waals surface area contributed by atoms with E-state index in [1.165, 1.54) is 0 Å². The van der Waals surface area contributed by atoms with Gasteiger partial charge < -0.3 is 14.8 Å². The minimum absolute atomic E-state index is 0.331. The van der Waals surface area contributed by atoms with E-state index in [4.69, 9.17) is 4.84 Å². The number of nitrogens with one attached hydrogen (secondary N) is 2. The third-order valence-corrected chi connectivity index (χ3v) is 3.66. The lowest BCUT2D eigenvalue weighted by Crippen LogP contribution is -2.05. The van der Waals surface area contributed by atoms with Crippen molar-refractivity contribution in [2.75, 3.05) is 0 Å². The van der Waals surface area contributed by atoms with E-state index in [-0.39, 0.29) is 0 Å². The van der Waals surface area contributed by atoms with Gasteiger partial charge in [0.1, 0.15) is 5.71 Å². The first-order chi connectivity index (χ1) is 11.9. The number of hydrogen-bond acceptors (Lipinski definition) is 4. The van der Waals surface area contributed by atoms with E-state index in [2.05, 4.69) is 25.1 Å². The number of benzene rings is 1. The van der Waals surface area contributed by atoms with Crippen LogP contribution in [0.3, 0.4) is 0 Å². The molecule has 0 spiro atoms. The summed E-state index contributed by atoms with van der Waals surface area (Å²) < 4.78 is 0. The maximum absolute atomic E-state index is 5.53. The average Bonchev–Trinajstić information content (AvgIpc) is 3.28. The molecule has 0 atom stereocenters. The number of hydrogen-bond donors (Lipinski definition) is 2. The van der Waals surface area contributed by atoms with E-state index in [9.17, 15) is 0 Å². The van der Waals surface area contributed by atoms with Crippen molar-refractivity contribution in [3.63, 3.8) is 0 Å². The lowest BCUT2D eigenvalue weighted by molar-refractivity contribution is 0.128. The molecule has 0 saturated carbocycles. The highest BCUT2D eigenvalue weighted by molar-refractivity contribution is 6.13. The summed E-state index contributed by atoms with van der Waals surface area (Å²) in [5, 5.41) is 5.43. The highest BCUT2D eigenvalue weighted by Crippen LogP contribution is 2.17. The van der Waals surface area contributed by atoms with Crippen molar-refractivity contribution in [2.24, 2.45) is 5.16 Å². The molecule has 24 heavy (non-hydrogen) atoms. The van der Waals surface area contributed by atoms with Gasteiger partial charge in [0, 0.05) is 17.1 Å². The molecular weight excluding hydrogens is 302 g/mol. The molecule has 0 radical (unpaired) electrons. The Hall–Kier alpha value is -3.41. The number of pyridine rings is 1. The summed E-state index contributed by atoms with van der Waals surface area (Å²) in [5.74, 6) is 0. The summed E-state index contributed by atoms with van der Waals surface area (Å²) in [6, 6.07) is 13.9. The smallest absolute Gasteiger partial charge is 0.158 e. The van der Waals surface area contributed by atoms with Crippen LogP contribution in [0.5, 0.6) is 0 Å². The van der Waals surface area contributed by atoms with Crippen molar-refractivity contribution in [1.82, 2.24) is 19.9 Å². The average molecular weight is 317 g/mol. The second-order valence-corrected chi connectivity index (χ2v) is 5.30. The van der Waals surface area contributed by atoms with Gasteiger partial charge in [-0.15, -0.1) is 0 Å². The number of fused-ring (bicyclic) bond motifs is 1. The summed E-state index contributed by atoms with van der Waals surface area (Å²) in [6.45, 7) is 0.331. The van der Waals surface area contributed by atoms with Crippen molar-refractivity contribution in [1.29, 1.82) is 0 Å². The zero-order valence-electron chi connectivity index (χ0n) is 12.8. The SMILES string of the molecule is c1ccc(/C(=N\OCc2cnc[nH]2)c2cc3ccncc3[nH]2)cc1. The molecule has 4 rings (SSSR count). The largest absolute Gasteiger partial charge is 0.389 e. The Morgan fingerprint density at radius 1 is 1.08 bits per heavy atom. The van der Waals surface area contributed by atoms with Crippen molar-refractivity contribution < 1.29 is 4.84 Å².